The van der Waals surface area contributed by atoms with E-state index in [-0.39, 0.29) is 37.4 Å². The first-order valence-corrected chi connectivity index (χ1v) is 10.8. The lowest BCUT2D eigenvalue weighted by Gasteiger charge is -2.28. The number of amides is 1. The second-order valence-corrected chi connectivity index (χ2v) is 7.79. The van der Waals surface area contributed by atoms with E-state index >= 15 is 0 Å². The van der Waals surface area contributed by atoms with Crippen LogP contribution in [-0.4, -0.2) is 53.7 Å². The lowest BCUT2D eigenvalue weighted by molar-refractivity contribution is -0.156. The number of hydrazine groups is 1. The van der Waals surface area contributed by atoms with Crippen molar-refractivity contribution in [1.29, 1.82) is 0 Å². The molecule has 2 aromatic carbocycles. The number of carbonyl (C=O) groups excluding carboxylic acids is 4. The molecule has 0 aliphatic carbocycles. The number of hydrogen-bond acceptors (Lipinski definition) is 11. The molecule has 194 valence electrons. The van der Waals surface area contributed by atoms with E-state index in [0.29, 0.717) is 5.56 Å². The zero-order valence-electron chi connectivity index (χ0n) is 19.8. The van der Waals surface area contributed by atoms with Gasteiger partial charge in [-0.3, -0.25) is 15.0 Å². The van der Waals surface area contributed by atoms with Gasteiger partial charge >= 0.3 is 24.0 Å². The first-order valence-electron chi connectivity index (χ1n) is 10.8. The Morgan fingerprint density at radius 1 is 0.861 bits per heavy atom. The molecule has 1 atom stereocenters. The molecule has 1 amide bonds. The Morgan fingerprint density at radius 3 is 2.17 bits per heavy atom. The van der Waals surface area contributed by atoms with Crippen LogP contribution in [0.1, 0.15) is 30.9 Å². The third-order valence-electron chi connectivity index (χ3n) is 4.86. The fourth-order valence-electron chi connectivity index (χ4n) is 2.94. The highest BCUT2D eigenvalue weighted by atomic mass is 16.7. The van der Waals surface area contributed by atoms with Crippen molar-refractivity contribution < 1.29 is 48.3 Å². The summed E-state index contributed by atoms with van der Waals surface area (Å²) in [6.45, 7) is 0.787. The highest BCUT2D eigenvalue weighted by Gasteiger charge is 2.35. The minimum atomic E-state index is -1.48. The van der Waals surface area contributed by atoms with E-state index < -0.39 is 36.3 Å². The normalized spacial score (nSPS) is 12.1. The van der Waals surface area contributed by atoms with Gasteiger partial charge in [-0.05, 0) is 30.2 Å². The monoisotopic (exact) mass is 504 g/mol. The van der Waals surface area contributed by atoms with Crippen molar-refractivity contribution in [3.8, 4) is 11.5 Å². The summed E-state index contributed by atoms with van der Waals surface area (Å²) in [6.07, 6.45) is -1.57. The summed E-state index contributed by atoms with van der Waals surface area (Å²) in [5, 5.41) is 19.1. The Balaban J connectivity index is 1.71. The van der Waals surface area contributed by atoms with Gasteiger partial charge in [0.05, 0.1) is 20.0 Å². The molecule has 0 bridgehead atoms. The summed E-state index contributed by atoms with van der Waals surface area (Å²) in [6, 6.07) is 13.0. The van der Waals surface area contributed by atoms with Crippen LogP contribution in [0.25, 0.3) is 0 Å². The largest absolute Gasteiger partial charge is 0.504 e. The number of carbonyl (C=O) groups is 4. The number of rotatable bonds is 12. The van der Waals surface area contributed by atoms with Crippen molar-refractivity contribution >= 4 is 24.0 Å². The van der Waals surface area contributed by atoms with Crippen molar-refractivity contribution in [3.63, 3.8) is 0 Å². The number of phenols is 2. The number of esters is 3. The maximum Gasteiger partial charge on any atom is 0.424 e. The Kier molecular flexibility index (Phi) is 10.5. The zero-order valence-corrected chi connectivity index (χ0v) is 19.8. The van der Waals surface area contributed by atoms with E-state index in [4.69, 9.17) is 18.9 Å². The molecule has 1 unspecified atom stereocenters. The number of ether oxygens (including phenoxy) is 4. The fraction of sp³-hybridized carbons (Fsp3) is 0.333. The first-order chi connectivity index (χ1) is 17.1. The number of methoxy groups -OCH3 is 1. The minimum absolute atomic E-state index is 0.0385. The molecule has 0 radical (unpaired) electrons. The standard InChI is InChI=1S/C24H28N2O10/c1-24(22(31)33-2,13-17-8-9-18(27)19(28)12-17)26-25-23(32)36-15-35-21(30)11-10-20(29)34-14-16-6-4-3-5-7-16/h3-9,12,26-28H,10-11,13-15H2,1-2H3,(H,25,32). The third-order valence-corrected chi connectivity index (χ3v) is 4.86. The van der Waals surface area contributed by atoms with Crippen molar-refractivity contribution in [2.24, 2.45) is 0 Å². The Labute approximate surface area is 207 Å². The van der Waals surface area contributed by atoms with Gasteiger partial charge in [0.2, 0.25) is 6.79 Å². The van der Waals surface area contributed by atoms with Crippen molar-refractivity contribution in [2.75, 3.05) is 13.9 Å². The van der Waals surface area contributed by atoms with Crippen LogP contribution in [0.5, 0.6) is 11.5 Å². The van der Waals surface area contributed by atoms with Gasteiger partial charge in [-0.15, -0.1) is 0 Å². The fourth-order valence-corrected chi connectivity index (χ4v) is 2.94. The zero-order chi connectivity index (χ0) is 26.6. The second kappa shape index (κ2) is 13.5. The van der Waals surface area contributed by atoms with Crippen LogP contribution in [0.15, 0.2) is 48.5 Å². The Bertz CT molecular complexity index is 1060. The van der Waals surface area contributed by atoms with Crippen molar-refractivity contribution in [3.05, 3.63) is 59.7 Å². The maximum absolute atomic E-state index is 12.3. The quantitative estimate of drug-likeness (QED) is 0.109. The highest BCUT2D eigenvalue weighted by Crippen LogP contribution is 2.27. The molecule has 0 spiro atoms. The molecule has 0 fully saturated rings. The van der Waals surface area contributed by atoms with Gasteiger partial charge in [-0.25, -0.2) is 15.0 Å². The summed E-state index contributed by atoms with van der Waals surface area (Å²) >= 11 is 0. The van der Waals surface area contributed by atoms with Gasteiger partial charge in [0, 0.05) is 6.42 Å². The van der Waals surface area contributed by atoms with Gasteiger partial charge in [0.1, 0.15) is 12.1 Å². The van der Waals surface area contributed by atoms with Crippen LogP contribution in [0.4, 0.5) is 4.79 Å². The molecule has 2 rings (SSSR count). The highest BCUT2D eigenvalue weighted by molar-refractivity contribution is 5.81. The van der Waals surface area contributed by atoms with E-state index in [9.17, 15) is 29.4 Å². The van der Waals surface area contributed by atoms with Gasteiger partial charge in [-0.2, -0.15) is 0 Å². The topological polar surface area (TPSA) is 170 Å². The summed E-state index contributed by atoms with van der Waals surface area (Å²) in [5.41, 5.74) is 4.43. The number of nitrogens with one attached hydrogen (secondary N) is 2. The number of hydrogen-bond donors (Lipinski definition) is 4. The molecule has 0 saturated heterocycles. The molecule has 12 heteroatoms. The van der Waals surface area contributed by atoms with Crippen LogP contribution in [-0.2, 0) is 46.4 Å². The van der Waals surface area contributed by atoms with E-state index in [1.165, 1.54) is 25.1 Å². The summed E-state index contributed by atoms with van der Waals surface area (Å²) in [5.74, 6) is -2.80. The molecule has 4 N–H and O–H groups in total. The average Bonchev–Trinajstić information content (AvgIpc) is 2.87. The van der Waals surface area contributed by atoms with E-state index in [0.717, 1.165) is 12.7 Å². The smallest absolute Gasteiger partial charge is 0.424 e. The molecule has 36 heavy (non-hydrogen) atoms. The van der Waals surface area contributed by atoms with Crippen molar-refractivity contribution in [1.82, 2.24) is 10.9 Å². The van der Waals surface area contributed by atoms with Crippen LogP contribution < -0.4 is 10.9 Å². The number of aromatic hydroxyl groups is 2. The lowest BCUT2D eigenvalue weighted by atomic mass is 9.93. The summed E-state index contributed by atoms with van der Waals surface area (Å²) in [4.78, 5) is 47.7. The van der Waals surface area contributed by atoms with Crippen LogP contribution in [0.2, 0.25) is 0 Å². The number of phenolic OH excluding ortho intramolecular Hbond substituents is 2. The Morgan fingerprint density at radius 2 is 1.53 bits per heavy atom. The van der Waals surface area contributed by atoms with Gasteiger partial charge in [0.25, 0.3) is 0 Å². The summed E-state index contributed by atoms with van der Waals surface area (Å²) < 4.78 is 19.3. The molecule has 0 aromatic heterocycles. The van der Waals surface area contributed by atoms with Gasteiger partial charge < -0.3 is 29.2 Å². The van der Waals surface area contributed by atoms with E-state index in [1.807, 2.05) is 18.2 Å². The molecule has 0 aliphatic heterocycles. The molecule has 0 aliphatic rings. The van der Waals surface area contributed by atoms with Crippen molar-refractivity contribution in [2.45, 2.75) is 38.3 Å². The van der Waals surface area contributed by atoms with E-state index in [2.05, 4.69) is 10.9 Å². The van der Waals surface area contributed by atoms with E-state index in [1.54, 1.807) is 12.1 Å². The van der Waals surface area contributed by atoms with Crippen LogP contribution >= 0.6 is 0 Å². The molecule has 12 nitrogen and oxygen atoms in total. The molecule has 2 aromatic rings. The van der Waals surface area contributed by atoms with Crippen LogP contribution in [0.3, 0.4) is 0 Å². The average molecular weight is 504 g/mol. The van der Waals surface area contributed by atoms with Gasteiger partial charge in [0.15, 0.2) is 11.5 Å². The maximum atomic E-state index is 12.3. The molecular weight excluding hydrogens is 476 g/mol. The predicted octanol–water partition coefficient (Wildman–Crippen LogP) is 1.83. The molecule has 0 heterocycles. The van der Waals surface area contributed by atoms with Crippen LogP contribution in [0, 0.1) is 0 Å². The molecule has 0 saturated carbocycles. The Hall–Kier alpha value is -4.32. The predicted molar refractivity (Wildman–Crippen MR) is 123 cm³/mol. The SMILES string of the molecule is COC(=O)C(C)(Cc1ccc(O)c(O)c1)NNC(=O)OCOC(=O)CCC(=O)OCc1ccccc1. The lowest BCUT2D eigenvalue weighted by Crippen LogP contribution is -2.59. The van der Waals surface area contributed by atoms with Gasteiger partial charge in [-0.1, -0.05) is 36.4 Å². The number of benzene rings is 2. The molecular formula is C24H28N2O10. The first kappa shape index (κ1) is 27.9. The third kappa shape index (κ3) is 9.14. The minimum Gasteiger partial charge on any atom is -0.504 e. The summed E-state index contributed by atoms with van der Waals surface area (Å²) in [7, 11) is 1.16. The second-order valence-electron chi connectivity index (χ2n) is 7.79.